The highest BCUT2D eigenvalue weighted by molar-refractivity contribution is 5.75. The van der Waals surface area contributed by atoms with Gasteiger partial charge in [-0.1, -0.05) is 20.8 Å². The molecule has 0 bridgehead atoms. The first-order chi connectivity index (χ1) is 6.44. The van der Waals surface area contributed by atoms with Gasteiger partial charge in [0.25, 0.3) is 0 Å². The van der Waals surface area contributed by atoms with Crippen LogP contribution in [-0.2, 0) is 4.79 Å². The van der Waals surface area contributed by atoms with Gasteiger partial charge in [-0.15, -0.1) is 0 Å². The standard InChI is InChI=1S/C11H22N2O/c1-4-10(14)13-6-5-9(12)7-11(2,3)8-13/h9H,4-8,12H2,1-3H3. The van der Waals surface area contributed by atoms with E-state index in [-0.39, 0.29) is 17.4 Å². The van der Waals surface area contributed by atoms with Gasteiger partial charge in [0.05, 0.1) is 0 Å². The number of amides is 1. The van der Waals surface area contributed by atoms with Crippen LogP contribution in [-0.4, -0.2) is 29.9 Å². The second-order valence-electron chi connectivity index (χ2n) is 5.09. The Hall–Kier alpha value is -0.570. The monoisotopic (exact) mass is 198 g/mol. The predicted molar refractivity (Wildman–Crippen MR) is 57.9 cm³/mol. The fourth-order valence-electron chi connectivity index (χ4n) is 2.23. The molecule has 1 fully saturated rings. The Morgan fingerprint density at radius 1 is 1.57 bits per heavy atom. The second-order valence-corrected chi connectivity index (χ2v) is 5.09. The first-order valence-electron chi connectivity index (χ1n) is 5.48. The maximum absolute atomic E-state index is 11.6. The summed E-state index contributed by atoms with van der Waals surface area (Å²) in [4.78, 5) is 13.6. The highest BCUT2D eigenvalue weighted by atomic mass is 16.2. The Bertz CT molecular complexity index is 213. The van der Waals surface area contributed by atoms with Gasteiger partial charge in [-0.25, -0.2) is 0 Å². The summed E-state index contributed by atoms with van der Waals surface area (Å²) in [5.74, 6) is 0.257. The molecule has 0 radical (unpaired) electrons. The van der Waals surface area contributed by atoms with Crippen molar-refractivity contribution in [3.8, 4) is 0 Å². The molecule has 1 atom stereocenters. The number of rotatable bonds is 1. The van der Waals surface area contributed by atoms with E-state index in [2.05, 4.69) is 13.8 Å². The lowest BCUT2D eigenvalue weighted by molar-refractivity contribution is -0.131. The third kappa shape index (κ3) is 2.98. The van der Waals surface area contributed by atoms with Crippen molar-refractivity contribution in [2.45, 2.75) is 46.1 Å². The summed E-state index contributed by atoms with van der Waals surface area (Å²) in [6, 6.07) is 0.250. The van der Waals surface area contributed by atoms with Crippen LogP contribution in [0.4, 0.5) is 0 Å². The molecule has 3 heteroatoms. The van der Waals surface area contributed by atoms with Crippen LogP contribution < -0.4 is 5.73 Å². The van der Waals surface area contributed by atoms with Crippen LogP contribution in [0.1, 0.15) is 40.0 Å². The predicted octanol–water partition coefficient (Wildman–Crippen LogP) is 1.37. The van der Waals surface area contributed by atoms with E-state index in [1.54, 1.807) is 0 Å². The maximum Gasteiger partial charge on any atom is 0.222 e. The first kappa shape index (κ1) is 11.5. The Balaban J connectivity index is 2.67. The second kappa shape index (κ2) is 4.30. The molecule has 1 aliphatic heterocycles. The summed E-state index contributed by atoms with van der Waals surface area (Å²) in [7, 11) is 0. The van der Waals surface area contributed by atoms with Gasteiger partial charge in [0.1, 0.15) is 0 Å². The van der Waals surface area contributed by atoms with Crippen LogP contribution in [0.25, 0.3) is 0 Å². The van der Waals surface area contributed by atoms with E-state index < -0.39 is 0 Å². The van der Waals surface area contributed by atoms with Gasteiger partial charge in [-0.05, 0) is 18.3 Å². The number of hydrogen-bond donors (Lipinski definition) is 1. The number of nitrogens with two attached hydrogens (primary N) is 1. The fraction of sp³-hybridized carbons (Fsp3) is 0.909. The smallest absolute Gasteiger partial charge is 0.222 e. The van der Waals surface area contributed by atoms with E-state index in [4.69, 9.17) is 5.73 Å². The molecule has 2 N–H and O–H groups in total. The number of carbonyl (C=O) groups is 1. The van der Waals surface area contributed by atoms with E-state index in [0.29, 0.717) is 6.42 Å². The molecule has 0 saturated carbocycles. The first-order valence-corrected chi connectivity index (χ1v) is 5.48. The van der Waals surface area contributed by atoms with Crippen molar-refractivity contribution >= 4 is 5.91 Å². The lowest BCUT2D eigenvalue weighted by Gasteiger charge is -2.29. The van der Waals surface area contributed by atoms with Crippen LogP contribution in [0.3, 0.4) is 0 Å². The van der Waals surface area contributed by atoms with Crippen molar-refractivity contribution < 1.29 is 4.79 Å². The number of nitrogens with zero attached hydrogens (tertiary/aromatic N) is 1. The van der Waals surface area contributed by atoms with Crippen molar-refractivity contribution in [2.24, 2.45) is 11.1 Å². The molecule has 0 aliphatic carbocycles. The van der Waals surface area contributed by atoms with Crippen LogP contribution in [0.15, 0.2) is 0 Å². The van der Waals surface area contributed by atoms with Crippen LogP contribution in [0.5, 0.6) is 0 Å². The van der Waals surface area contributed by atoms with Gasteiger partial charge < -0.3 is 10.6 Å². The summed E-state index contributed by atoms with van der Waals surface area (Å²) in [6.07, 6.45) is 2.56. The van der Waals surface area contributed by atoms with Gasteiger partial charge in [0, 0.05) is 25.6 Å². The molecule has 1 heterocycles. The molecule has 0 aromatic rings. The molecule has 0 aromatic carbocycles. The summed E-state index contributed by atoms with van der Waals surface area (Å²) in [5, 5.41) is 0. The van der Waals surface area contributed by atoms with Crippen LogP contribution in [0.2, 0.25) is 0 Å². The molecule has 1 aliphatic rings. The van der Waals surface area contributed by atoms with Gasteiger partial charge in [0.15, 0.2) is 0 Å². The molecular formula is C11H22N2O. The summed E-state index contributed by atoms with van der Waals surface area (Å²) in [5.41, 5.74) is 6.14. The van der Waals surface area contributed by atoms with Crippen LogP contribution >= 0.6 is 0 Å². The molecule has 1 unspecified atom stereocenters. The number of likely N-dealkylation sites (tertiary alicyclic amines) is 1. The molecule has 82 valence electrons. The molecule has 1 rings (SSSR count). The zero-order valence-electron chi connectivity index (χ0n) is 9.55. The molecule has 3 nitrogen and oxygen atoms in total. The van der Waals surface area contributed by atoms with Crippen molar-refractivity contribution in [1.82, 2.24) is 4.90 Å². The van der Waals surface area contributed by atoms with Crippen molar-refractivity contribution in [3.05, 3.63) is 0 Å². The minimum absolute atomic E-state index is 0.167. The van der Waals surface area contributed by atoms with E-state index >= 15 is 0 Å². The third-order valence-corrected chi connectivity index (χ3v) is 2.86. The van der Waals surface area contributed by atoms with Gasteiger partial charge in [-0.2, -0.15) is 0 Å². The van der Waals surface area contributed by atoms with Gasteiger partial charge in [-0.3, -0.25) is 4.79 Å². The zero-order chi connectivity index (χ0) is 10.8. The van der Waals surface area contributed by atoms with E-state index in [0.717, 1.165) is 25.9 Å². The third-order valence-electron chi connectivity index (χ3n) is 2.86. The van der Waals surface area contributed by atoms with E-state index in [9.17, 15) is 4.79 Å². The average molecular weight is 198 g/mol. The SMILES string of the molecule is CCC(=O)N1CCC(N)CC(C)(C)C1. The summed E-state index contributed by atoms with van der Waals surface area (Å²) in [6.45, 7) is 7.98. The minimum Gasteiger partial charge on any atom is -0.342 e. The van der Waals surface area contributed by atoms with Crippen molar-refractivity contribution in [3.63, 3.8) is 0 Å². The van der Waals surface area contributed by atoms with Gasteiger partial charge >= 0.3 is 0 Å². The van der Waals surface area contributed by atoms with E-state index in [1.165, 1.54) is 0 Å². The molecule has 1 saturated heterocycles. The quantitative estimate of drug-likeness (QED) is 0.691. The summed E-state index contributed by atoms with van der Waals surface area (Å²) >= 11 is 0. The Morgan fingerprint density at radius 2 is 2.21 bits per heavy atom. The minimum atomic E-state index is 0.167. The van der Waals surface area contributed by atoms with Gasteiger partial charge in [0.2, 0.25) is 5.91 Å². The number of hydrogen-bond acceptors (Lipinski definition) is 2. The normalized spacial score (nSPS) is 27.1. The largest absolute Gasteiger partial charge is 0.342 e. The maximum atomic E-state index is 11.6. The molecule has 0 spiro atoms. The lowest BCUT2D eigenvalue weighted by Crippen LogP contribution is -2.37. The average Bonchev–Trinajstić information content (AvgIpc) is 2.22. The highest BCUT2D eigenvalue weighted by Crippen LogP contribution is 2.27. The Labute approximate surface area is 86.6 Å². The lowest BCUT2D eigenvalue weighted by atomic mass is 9.86. The molecule has 1 amide bonds. The van der Waals surface area contributed by atoms with Crippen molar-refractivity contribution in [1.29, 1.82) is 0 Å². The van der Waals surface area contributed by atoms with Crippen molar-refractivity contribution in [2.75, 3.05) is 13.1 Å². The molecule has 14 heavy (non-hydrogen) atoms. The fourth-order valence-corrected chi connectivity index (χ4v) is 2.23. The summed E-state index contributed by atoms with van der Waals surface area (Å²) < 4.78 is 0. The number of carbonyl (C=O) groups excluding carboxylic acids is 1. The Morgan fingerprint density at radius 3 is 2.79 bits per heavy atom. The van der Waals surface area contributed by atoms with Crippen LogP contribution in [0, 0.1) is 5.41 Å². The zero-order valence-corrected chi connectivity index (χ0v) is 9.55. The van der Waals surface area contributed by atoms with E-state index in [1.807, 2.05) is 11.8 Å². The molecular weight excluding hydrogens is 176 g/mol. The molecule has 0 aromatic heterocycles. The topological polar surface area (TPSA) is 46.3 Å². The Kier molecular flexibility index (Phi) is 3.53. The highest BCUT2D eigenvalue weighted by Gasteiger charge is 2.29.